The van der Waals surface area contributed by atoms with E-state index in [-0.39, 0.29) is 0 Å². The van der Waals surface area contributed by atoms with Crippen molar-refractivity contribution in [2.24, 2.45) is 10.7 Å². The first-order valence-electron chi connectivity index (χ1n) is 11.1. The summed E-state index contributed by atoms with van der Waals surface area (Å²) in [4.78, 5) is 24.7. The molecule has 16 heteroatoms. The Morgan fingerprint density at radius 3 is 1.84 bits per heavy atom. The number of nitrogens with one attached hydrogen (secondary N) is 1. The summed E-state index contributed by atoms with van der Waals surface area (Å²) in [5.41, 5.74) is 6.56. The molecule has 0 saturated heterocycles. The summed E-state index contributed by atoms with van der Waals surface area (Å²) in [6.45, 7) is 9.85. The molecule has 0 heterocycles. The number of benzene rings is 1. The molecule has 38 heavy (non-hydrogen) atoms. The zero-order valence-corrected chi connectivity index (χ0v) is 21.4. The van der Waals surface area contributed by atoms with Gasteiger partial charge in [-0.2, -0.15) is 26.3 Å². The number of aliphatic imine (C=N–C) groups is 1. The van der Waals surface area contributed by atoms with Gasteiger partial charge in [-0.25, -0.2) is 9.59 Å². The molecule has 0 aliphatic heterocycles. The number of ether oxygens (including phenoxy) is 2. The molecule has 0 bridgehead atoms. The van der Waals surface area contributed by atoms with E-state index in [4.69, 9.17) is 35.0 Å². The maximum Gasteiger partial charge on any atom is 0.490 e. The lowest BCUT2D eigenvalue weighted by Crippen LogP contribution is -2.41. The van der Waals surface area contributed by atoms with Crippen molar-refractivity contribution in [3.8, 4) is 5.75 Å². The number of halogens is 6. The highest BCUT2D eigenvalue weighted by Gasteiger charge is 2.38. The summed E-state index contributed by atoms with van der Waals surface area (Å²) >= 11 is 0. The number of hydrogen-bond acceptors (Lipinski definition) is 6. The monoisotopic (exact) mass is 564 g/mol. The maximum atomic E-state index is 10.6. The van der Waals surface area contributed by atoms with E-state index in [0.29, 0.717) is 25.8 Å². The minimum atomic E-state index is -5.08. The second kappa shape index (κ2) is 18.9. The summed E-state index contributed by atoms with van der Waals surface area (Å²) in [5, 5.41) is 17.7. The van der Waals surface area contributed by atoms with Crippen LogP contribution in [0.1, 0.15) is 27.2 Å². The molecule has 0 fully saturated rings. The van der Waals surface area contributed by atoms with Crippen LogP contribution in [0.4, 0.5) is 32.0 Å². The molecule has 1 aromatic rings. The summed E-state index contributed by atoms with van der Waals surface area (Å²) < 4.78 is 74.0. The fraction of sp³-hybridized carbons (Fsp3) is 0.591. The zero-order valence-electron chi connectivity index (χ0n) is 21.4. The number of hydrogen-bond donors (Lipinski definition) is 4. The van der Waals surface area contributed by atoms with Crippen LogP contribution >= 0.6 is 0 Å². The second-order valence-electron chi connectivity index (χ2n) is 7.32. The van der Waals surface area contributed by atoms with Crippen molar-refractivity contribution in [1.29, 1.82) is 0 Å². The van der Waals surface area contributed by atoms with Crippen LogP contribution < -0.4 is 15.8 Å². The highest BCUT2D eigenvalue weighted by molar-refractivity contribution is 5.93. The van der Waals surface area contributed by atoms with Gasteiger partial charge in [0.2, 0.25) is 0 Å². The summed E-state index contributed by atoms with van der Waals surface area (Å²) in [6, 6.07) is 8.25. The second-order valence-corrected chi connectivity index (χ2v) is 7.32. The molecule has 0 amide bonds. The number of anilines is 1. The lowest BCUT2D eigenvalue weighted by Gasteiger charge is -2.29. The molecule has 0 aromatic heterocycles. The average molecular weight is 565 g/mol. The fourth-order valence-corrected chi connectivity index (χ4v) is 2.24. The average Bonchev–Trinajstić information content (AvgIpc) is 2.80. The topological polar surface area (TPSA) is 147 Å². The number of alkyl halides is 6. The quantitative estimate of drug-likeness (QED) is 0.144. The highest BCUT2D eigenvalue weighted by Crippen LogP contribution is 2.17. The number of nitrogens with zero attached hydrogens (tertiary/aromatic N) is 2. The van der Waals surface area contributed by atoms with Gasteiger partial charge in [-0.15, -0.1) is 0 Å². The number of methoxy groups -OCH3 is 1. The first-order valence-corrected chi connectivity index (χ1v) is 11.1. The minimum Gasteiger partial charge on any atom is -0.491 e. The summed E-state index contributed by atoms with van der Waals surface area (Å²) in [6.07, 6.45) is -9.28. The van der Waals surface area contributed by atoms with Gasteiger partial charge in [0.15, 0.2) is 5.96 Å². The molecule has 220 valence electrons. The largest absolute Gasteiger partial charge is 0.491 e. The van der Waals surface area contributed by atoms with Gasteiger partial charge in [-0.05, 0) is 58.0 Å². The van der Waals surface area contributed by atoms with Gasteiger partial charge >= 0.3 is 24.3 Å². The van der Waals surface area contributed by atoms with Crippen LogP contribution in [-0.4, -0.2) is 91.4 Å². The van der Waals surface area contributed by atoms with Crippen LogP contribution in [0.2, 0.25) is 0 Å². The van der Waals surface area contributed by atoms with E-state index in [0.717, 1.165) is 36.9 Å². The van der Waals surface area contributed by atoms with Crippen LogP contribution in [0, 0.1) is 0 Å². The molecular formula is C22H34F6N4O6. The molecule has 1 aromatic carbocycles. The Kier molecular flexibility index (Phi) is 18.3. The molecule has 0 aliphatic carbocycles. The third-order valence-corrected chi connectivity index (χ3v) is 4.01. The van der Waals surface area contributed by atoms with Crippen molar-refractivity contribution in [1.82, 2.24) is 4.90 Å². The molecular weight excluding hydrogens is 530 g/mol. The van der Waals surface area contributed by atoms with E-state index in [1.54, 1.807) is 7.11 Å². The number of carboxylic acids is 2. The van der Waals surface area contributed by atoms with Crippen LogP contribution in [0.15, 0.2) is 29.3 Å². The Morgan fingerprint density at radius 1 is 1.03 bits per heavy atom. The van der Waals surface area contributed by atoms with Crippen molar-refractivity contribution in [2.75, 3.05) is 45.3 Å². The normalized spacial score (nSPS) is 11.5. The van der Waals surface area contributed by atoms with Gasteiger partial charge in [-0.1, -0.05) is 0 Å². The Labute approximate surface area is 216 Å². The lowest BCUT2D eigenvalue weighted by atomic mass is 10.3. The minimum absolute atomic E-state index is 0.371. The standard InChI is InChI=1S/C18H32N4O2.2C2HF3O2/c1-5-22(15(2)3)18(20-12-6-11-19)21-16-7-9-17(10-8-16)24-14-13-23-4;2*3-2(4,5)1(6)7/h7-10,15H,5-6,11-14,19H2,1-4H3,(H,20,21);2*(H,6,7). The number of carboxylic acid groups (broad SMARTS) is 2. The Morgan fingerprint density at radius 2 is 1.50 bits per heavy atom. The highest BCUT2D eigenvalue weighted by atomic mass is 19.4. The Balaban J connectivity index is 0. The number of carbonyl (C=O) groups is 2. The molecule has 10 nitrogen and oxygen atoms in total. The van der Waals surface area contributed by atoms with E-state index in [1.165, 1.54) is 0 Å². The molecule has 0 atom stereocenters. The van der Waals surface area contributed by atoms with E-state index in [9.17, 15) is 26.3 Å². The van der Waals surface area contributed by atoms with Crippen molar-refractivity contribution in [2.45, 2.75) is 45.6 Å². The van der Waals surface area contributed by atoms with Crippen molar-refractivity contribution >= 4 is 23.6 Å². The molecule has 0 aliphatic rings. The zero-order chi connectivity index (χ0) is 29.9. The van der Waals surface area contributed by atoms with Crippen molar-refractivity contribution in [3.05, 3.63) is 24.3 Å². The fourth-order valence-electron chi connectivity index (χ4n) is 2.24. The van der Waals surface area contributed by atoms with E-state index in [2.05, 4.69) is 36.0 Å². The van der Waals surface area contributed by atoms with Gasteiger partial charge in [0.25, 0.3) is 0 Å². The van der Waals surface area contributed by atoms with E-state index >= 15 is 0 Å². The third kappa shape index (κ3) is 18.0. The Hall–Kier alpha value is -3.27. The van der Waals surface area contributed by atoms with E-state index in [1.807, 2.05) is 24.3 Å². The smallest absolute Gasteiger partial charge is 0.490 e. The molecule has 0 saturated carbocycles. The van der Waals surface area contributed by atoms with Crippen molar-refractivity contribution in [3.63, 3.8) is 0 Å². The lowest BCUT2D eigenvalue weighted by molar-refractivity contribution is -0.193. The number of guanidine groups is 1. The molecule has 0 unspecified atom stereocenters. The maximum absolute atomic E-state index is 10.6. The predicted molar refractivity (Wildman–Crippen MR) is 128 cm³/mol. The molecule has 0 spiro atoms. The van der Waals surface area contributed by atoms with Gasteiger partial charge in [0.1, 0.15) is 12.4 Å². The number of aliphatic carboxylic acids is 2. The van der Waals surface area contributed by atoms with E-state index < -0.39 is 24.3 Å². The SMILES string of the molecule is CCN(C(=NCCCN)Nc1ccc(OCCOC)cc1)C(C)C.O=C(O)C(F)(F)F.O=C(O)C(F)(F)F. The van der Waals surface area contributed by atoms with Crippen LogP contribution in [0.25, 0.3) is 0 Å². The van der Waals surface area contributed by atoms with Gasteiger partial charge in [0, 0.05) is 31.9 Å². The summed E-state index contributed by atoms with van der Waals surface area (Å²) in [5.74, 6) is -3.80. The molecule has 1 rings (SSSR count). The third-order valence-electron chi connectivity index (χ3n) is 4.01. The van der Waals surface area contributed by atoms with Crippen LogP contribution in [0.5, 0.6) is 5.75 Å². The van der Waals surface area contributed by atoms with Gasteiger partial charge in [-0.3, -0.25) is 4.99 Å². The number of nitrogens with two attached hydrogens (primary N) is 1. The predicted octanol–water partition coefficient (Wildman–Crippen LogP) is 3.83. The molecule has 5 N–H and O–H groups in total. The first kappa shape index (κ1) is 36.9. The molecule has 0 radical (unpaired) electrons. The van der Waals surface area contributed by atoms with Gasteiger partial charge < -0.3 is 35.6 Å². The number of rotatable bonds is 10. The summed E-state index contributed by atoms with van der Waals surface area (Å²) in [7, 11) is 1.66. The Bertz CT molecular complexity index is 809. The first-order chi connectivity index (χ1) is 17.5. The van der Waals surface area contributed by atoms with Crippen LogP contribution in [0.3, 0.4) is 0 Å². The van der Waals surface area contributed by atoms with Gasteiger partial charge in [0.05, 0.1) is 6.61 Å². The van der Waals surface area contributed by atoms with Crippen LogP contribution in [-0.2, 0) is 14.3 Å². The van der Waals surface area contributed by atoms with Crippen molar-refractivity contribution < 1.29 is 55.6 Å².